The molecule has 192 valence electrons. The van der Waals surface area contributed by atoms with Gasteiger partial charge in [-0.15, -0.1) is 0 Å². The van der Waals surface area contributed by atoms with Crippen LogP contribution >= 0.6 is 46.9 Å². The van der Waals surface area contributed by atoms with Gasteiger partial charge in [0.2, 0.25) is 0 Å². The summed E-state index contributed by atoms with van der Waals surface area (Å²) in [6.07, 6.45) is -14.4. The van der Waals surface area contributed by atoms with Crippen molar-refractivity contribution >= 4 is 46.9 Å². The van der Waals surface area contributed by atoms with Gasteiger partial charge in [0.05, 0.1) is 0 Å². The lowest BCUT2D eigenvalue weighted by Crippen LogP contribution is -2.65. The molecule has 6 atom stereocenters. The highest BCUT2D eigenvalue weighted by atomic mass is 31.3. The van der Waals surface area contributed by atoms with E-state index >= 15 is 0 Å². The minimum absolute atomic E-state index is 2.41. The van der Waals surface area contributed by atoms with Gasteiger partial charge in [0.25, 0.3) is 0 Å². The second-order valence-electron chi connectivity index (χ2n) is 6.48. The van der Waals surface area contributed by atoms with Crippen LogP contribution in [0.3, 0.4) is 0 Å². The molecular formula is C6H12O21P6. The second-order valence-corrected chi connectivity index (χ2v) is 15.3. The number of phosphoric acid groups is 6. The Hall–Kier alpha value is 0.780. The first-order valence-electron chi connectivity index (χ1n) is 7.90. The molecule has 6 N–H and O–H groups in total. The predicted octanol–water partition coefficient (Wildman–Crippen LogP) is 0.00420. The van der Waals surface area contributed by atoms with Crippen molar-refractivity contribution in [3.05, 3.63) is 0 Å². The maximum Gasteiger partial charge on any atom is 0.481 e. The van der Waals surface area contributed by atoms with Gasteiger partial charge in [-0.1, -0.05) is 0 Å². The Morgan fingerprint density at radius 2 is 0.455 bits per heavy atom. The molecule has 0 amide bonds. The summed E-state index contributed by atoms with van der Waals surface area (Å²) < 4.78 is 112. The molecule has 33 heavy (non-hydrogen) atoms. The van der Waals surface area contributed by atoms with Gasteiger partial charge in [0.1, 0.15) is 36.6 Å². The van der Waals surface area contributed by atoms with Crippen LogP contribution in [-0.2, 0) is 67.5 Å². The zero-order chi connectivity index (χ0) is 24.8. The van der Waals surface area contributed by atoms with Crippen molar-refractivity contribution in [3.63, 3.8) is 0 Å². The van der Waals surface area contributed by atoms with E-state index in [0.29, 0.717) is 0 Å². The normalized spacial score (nSPS) is 62.0. The quantitative estimate of drug-likeness (QED) is 0.198. The van der Waals surface area contributed by atoms with Crippen LogP contribution in [0.1, 0.15) is 0 Å². The maximum atomic E-state index is 12.1. The van der Waals surface area contributed by atoms with Crippen molar-refractivity contribution in [2.45, 2.75) is 36.6 Å². The average molecular weight is 606 g/mol. The number of fused-ring (bicyclic) bond motifs is 6. The summed E-state index contributed by atoms with van der Waals surface area (Å²) in [6, 6.07) is 0. The Bertz CT molecular complexity index is 894. The molecule has 3 saturated heterocycles. The van der Waals surface area contributed by atoms with E-state index in [-0.39, 0.29) is 0 Å². The summed E-state index contributed by atoms with van der Waals surface area (Å²) in [4.78, 5) is 58.3. The topological polar surface area (TPSA) is 307 Å². The molecule has 4 aliphatic rings. The van der Waals surface area contributed by atoms with Crippen LogP contribution in [0.2, 0.25) is 0 Å². The zero-order valence-electron chi connectivity index (χ0n) is 15.0. The van der Waals surface area contributed by atoms with E-state index in [0.717, 1.165) is 0 Å². The predicted molar refractivity (Wildman–Crippen MR) is 91.4 cm³/mol. The van der Waals surface area contributed by atoms with Crippen molar-refractivity contribution < 1.29 is 96.8 Å². The number of hydrogen-bond acceptors (Lipinski definition) is 15. The summed E-state index contributed by atoms with van der Waals surface area (Å²) in [5.74, 6) is 0. The molecule has 0 radical (unpaired) electrons. The van der Waals surface area contributed by atoms with Crippen LogP contribution < -0.4 is 0 Å². The van der Waals surface area contributed by atoms with Crippen molar-refractivity contribution in [1.82, 2.24) is 0 Å². The summed E-state index contributed by atoms with van der Waals surface area (Å²) in [6.45, 7) is 0. The molecule has 3 heterocycles. The summed E-state index contributed by atoms with van der Waals surface area (Å²) in [5, 5.41) is 0. The van der Waals surface area contributed by atoms with E-state index in [1.54, 1.807) is 0 Å². The lowest BCUT2D eigenvalue weighted by atomic mass is 9.85. The molecule has 0 aromatic heterocycles. The first kappa shape index (κ1) is 26.8. The molecule has 4 fully saturated rings. The fourth-order valence-corrected chi connectivity index (χ4v) is 10.6. The highest BCUT2D eigenvalue weighted by Gasteiger charge is 2.68. The fraction of sp³-hybridized carbons (Fsp3) is 1.00. The third kappa shape index (κ3) is 5.86. The minimum Gasteiger partial charge on any atom is -0.302 e. The fourth-order valence-electron chi connectivity index (χ4n) is 3.27. The number of phosphoric ester groups is 6. The van der Waals surface area contributed by atoms with Crippen LogP contribution in [0.5, 0.6) is 0 Å². The Morgan fingerprint density at radius 3 is 0.576 bits per heavy atom. The lowest BCUT2D eigenvalue weighted by Gasteiger charge is -2.45. The minimum atomic E-state index is -5.59. The van der Waals surface area contributed by atoms with E-state index in [1.165, 1.54) is 0 Å². The van der Waals surface area contributed by atoms with Gasteiger partial charge in [-0.3, -0.25) is 27.1 Å². The molecule has 6 unspecified atom stereocenters. The Labute approximate surface area is 181 Å². The molecule has 3 aliphatic heterocycles. The van der Waals surface area contributed by atoms with Gasteiger partial charge in [0, 0.05) is 0 Å². The third-order valence-corrected chi connectivity index (χ3v) is 12.1. The molecule has 27 heteroatoms. The monoisotopic (exact) mass is 606 g/mol. The standard InChI is InChI=1S/C6H12O21P6/c7-28(8)19-1-2(20-29(9,10)25-28)4-6(24-33(17,18)27-32(15,16)23-4)5-3(1)21-30(11,12)26-31(13,14)22-5/h1-6H,(H,7,8)(H,9,10)(H,11,12)(H,13,14)(H,15,16)(H,17,18). The second kappa shape index (κ2) is 8.14. The molecule has 0 spiro atoms. The first-order chi connectivity index (χ1) is 14.7. The number of rotatable bonds is 0. The van der Waals surface area contributed by atoms with Crippen LogP contribution in [-0.4, -0.2) is 66.0 Å². The summed E-state index contributed by atoms with van der Waals surface area (Å²) in [5.41, 5.74) is 0. The molecule has 1 saturated carbocycles. The van der Waals surface area contributed by atoms with Gasteiger partial charge >= 0.3 is 46.9 Å². The molecule has 0 bridgehead atoms. The Morgan fingerprint density at radius 1 is 0.333 bits per heavy atom. The van der Waals surface area contributed by atoms with Gasteiger partial charge in [-0.05, 0) is 0 Å². The molecule has 4 rings (SSSR count). The highest BCUT2D eigenvalue weighted by molar-refractivity contribution is 7.62. The summed E-state index contributed by atoms with van der Waals surface area (Å²) >= 11 is 0. The highest BCUT2D eigenvalue weighted by Crippen LogP contribution is 2.72. The van der Waals surface area contributed by atoms with Crippen LogP contribution in [0.4, 0.5) is 0 Å². The third-order valence-electron chi connectivity index (χ3n) is 4.09. The van der Waals surface area contributed by atoms with Gasteiger partial charge in [-0.25, -0.2) is 27.4 Å². The lowest BCUT2D eigenvalue weighted by molar-refractivity contribution is -0.185. The van der Waals surface area contributed by atoms with E-state index in [2.05, 4.69) is 40.1 Å². The summed E-state index contributed by atoms with van der Waals surface area (Å²) in [7, 11) is -33.5. The first-order valence-corrected chi connectivity index (χ1v) is 16.9. The van der Waals surface area contributed by atoms with Crippen LogP contribution in [0, 0.1) is 0 Å². The van der Waals surface area contributed by atoms with Gasteiger partial charge in [0.15, 0.2) is 0 Å². The SMILES string of the molecule is O=P1(O)OC2C3OP(=O)(O)OP(=O)(O)OC3C3OP(=O)(O)OP(=O)(O)OC3C2OP(=O)(O)O1. The molecule has 0 aromatic rings. The van der Waals surface area contributed by atoms with E-state index in [1.807, 2.05) is 0 Å². The van der Waals surface area contributed by atoms with Crippen molar-refractivity contribution in [3.8, 4) is 0 Å². The Balaban J connectivity index is 1.92. The molecule has 21 nitrogen and oxygen atoms in total. The van der Waals surface area contributed by atoms with E-state index < -0.39 is 83.6 Å². The van der Waals surface area contributed by atoms with Crippen molar-refractivity contribution in [2.24, 2.45) is 0 Å². The Kier molecular flexibility index (Phi) is 6.62. The van der Waals surface area contributed by atoms with Crippen molar-refractivity contribution in [1.29, 1.82) is 0 Å². The molecule has 0 aromatic carbocycles. The molecule has 1 aliphatic carbocycles. The molecular weight excluding hydrogens is 594 g/mol. The zero-order valence-corrected chi connectivity index (χ0v) is 20.3. The smallest absolute Gasteiger partial charge is 0.302 e. The van der Waals surface area contributed by atoms with Gasteiger partial charge < -0.3 is 29.4 Å². The average Bonchev–Trinajstić information content (AvgIpc) is 2.74. The van der Waals surface area contributed by atoms with E-state index in [4.69, 9.17) is 0 Å². The maximum absolute atomic E-state index is 12.1. The number of hydrogen-bond donors (Lipinski definition) is 6. The van der Waals surface area contributed by atoms with Gasteiger partial charge in [-0.2, -0.15) is 12.9 Å². The van der Waals surface area contributed by atoms with Crippen LogP contribution in [0.25, 0.3) is 0 Å². The van der Waals surface area contributed by atoms with E-state index in [9.17, 15) is 56.8 Å². The van der Waals surface area contributed by atoms with Crippen LogP contribution in [0.15, 0.2) is 0 Å². The largest absolute Gasteiger partial charge is 0.481 e. The van der Waals surface area contributed by atoms with Crippen molar-refractivity contribution in [2.75, 3.05) is 0 Å².